The largest absolute Gasteiger partial charge is 0.454 e. The van der Waals surface area contributed by atoms with E-state index in [0.717, 1.165) is 5.56 Å². The average molecular weight is 258 g/mol. The van der Waals surface area contributed by atoms with Crippen molar-refractivity contribution >= 4 is 12.0 Å². The van der Waals surface area contributed by atoms with Gasteiger partial charge in [0.25, 0.3) is 0 Å². The highest BCUT2D eigenvalue weighted by molar-refractivity contribution is 5.92. The maximum atomic E-state index is 11.8. The Morgan fingerprint density at radius 2 is 2.26 bits per heavy atom. The molecule has 1 amide bonds. The number of carbonyl (C=O) groups is 1. The number of fused-ring (bicyclic) bond motifs is 1. The summed E-state index contributed by atoms with van der Waals surface area (Å²) in [5.74, 6) is 1.21. The van der Waals surface area contributed by atoms with Crippen molar-refractivity contribution in [2.75, 3.05) is 19.9 Å². The van der Waals surface area contributed by atoms with E-state index in [0.29, 0.717) is 18.0 Å². The molecule has 5 nitrogen and oxygen atoms in total. The number of nitriles is 1. The summed E-state index contributed by atoms with van der Waals surface area (Å²) in [5, 5.41) is 8.61. The van der Waals surface area contributed by atoms with Crippen LogP contribution in [0.15, 0.2) is 24.3 Å². The third kappa shape index (κ3) is 3.05. The van der Waals surface area contributed by atoms with E-state index in [2.05, 4.69) is 0 Å². The van der Waals surface area contributed by atoms with Gasteiger partial charge < -0.3 is 14.4 Å². The van der Waals surface area contributed by atoms with Crippen LogP contribution in [0.5, 0.6) is 11.5 Å². The molecule has 0 unspecified atom stereocenters. The standard InChI is InChI=1S/C14H14N2O3/c1-2-16(8-7-15)14(17)6-4-11-3-5-12-13(9-11)19-10-18-12/h3-6,9H,2,8,10H2,1H3/b6-4+. The molecule has 0 saturated carbocycles. The first-order chi connectivity index (χ1) is 9.24. The molecule has 1 aliphatic heterocycles. The Labute approximate surface area is 111 Å². The lowest BCUT2D eigenvalue weighted by atomic mass is 10.2. The van der Waals surface area contributed by atoms with Crippen molar-refractivity contribution in [3.05, 3.63) is 29.8 Å². The van der Waals surface area contributed by atoms with Crippen molar-refractivity contribution in [2.24, 2.45) is 0 Å². The Hall–Kier alpha value is -2.48. The van der Waals surface area contributed by atoms with E-state index in [1.54, 1.807) is 12.1 Å². The molecule has 0 saturated heterocycles. The Morgan fingerprint density at radius 3 is 3.00 bits per heavy atom. The number of hydrogen-bond acceptors (Lipinski definition) is 4. The fourth-order valence-electron chi connectivity index (χ4n) is 1.72. The van der Waals surface area contributed by atoms with Crippen LogP contribution in [0.3, 0.4) is 0 Å². The van der Waals surface area contributed by atoms with Crippen LogP contribution in [-0.2, 0) is 4.79 Å². The Balaban J connectivity index is 2.06. The predicted octanol–water partition coefficient (Wildman–Crippen LogP) is 1.80. The van der Waals surface area contributed by atoms with Crippen molar-refractivity contribution in [1.29, 1.82) is 5.26 Å². The third-order valence-electron chi connectivity index (χ3n) is 2.77. The van der Waals surface area contributed by atoms with Gasteiger partial charge in [-0.3, -0.25) is 4.79 Å². The Kier molecular flexibility index (Phi) is 4.04. The van der Waals surface area contributed by atoms with Gasteiger partial charge in [-0.2, -0.15) is 5.26 Å². The molecule has 19 heavy (non-hydrogen) atoms. The number of amides is 1. The zero-order valence-electron chi connectivity index (χ0n) is 10.6. The molecular weight excluding hydrogens is 244 g/mol. The van der Waals surface area contributed by atoms with Crippen LogP contribution in [0.1, 0.15) is 12.5 Å². The summed E-state index contributed by atoms with van der Waals surface area (Å²) >= 11 is 0. The molecule has 0 fully saturated rings. The average Bonchev–Trinajstić information content (AvgIpc) is 2.89. The number of nitrogens with zero attached hydrogens (tertiary/aromatic N) is 2. The normalized spacial score (nSPS) is 12.4. The zero-order chi connectivity index (χ0) is 13.7. The van der Waals surface area contributed by atoms with Gasteiger partial charge in [-0.05, 0) is 30.7 Å². The first-order valence-electron chi connectivity index (χ1n) is 5.98. The van der Waals surface area contributed by atoms with Gasteiger partial charge in [0.1, 0.15) is 6.54 Å². The molecule has 1 aromatic rings. The molecule has 0 atom stereocenters. The SMILES string of the molecule is CCN(CC#N)C(=O)/C=C/c1ccc2c(c1)OCO2. The molecular formula is C14H14N2O3. The number of carbonyl (C=O) groups excluding carboxylic acids is 1. The van der Waals surface area contributed by atoms with Crippen LogP contribution < -0.4 is 9.47 Å². The van der Waals surface area contributed by atoms with E-state index in [4.69, 9.17) is 14.7 Å². The third-order valence-corrected chi connectivity index (χ3v) is 2.77. The van der Waals surface area contributed by atoms with E-state index in [1.807, 2.05) is 25.1 Å². The van der Waals surface area contributed by atoms with Crippen LogP contribution in [-0.4, -0.2) is 30.7 Å². The van der Waals surface area contributed by atoms with Crippen molar-refractivity contribution in [2.45, 2.75) is 6.92 Å². The van der Waals surface area contributed by atoms with Crippen molar-refractivity contribution in [3.8, 4) is 17.6 Å². The first-order valence-corrected chi connectivity index (χ1v) is 5.98. The monoisotopic (exact) mass is 258 g/mol. The maximum Gasteiger partial charge on any atom is 0.247 e. The van der Waals surface area contributed by atoms with Crippen LogP contribution >= 0.6 is 0 Å². The Morgan fingerprint density at radius 1 is 1.47 bits per heavy atom. The van der Waals surface area contributed by atoms with Crippen LogP contribution in [0.25, 0.3) is 6.08 Å². The van der Waals surface area contributed by atoms with Crippen LogP contribution in [0, 0.1) is 11.3 Å². The number of benzene rings is 1. The minimum Gasteiger partial charge on any atom is -0.454 e. The van der Waals surface area contributed by atoms with Gasteiger partial charge in [-0.15, -0.1) is 0 Å². The fraction of sp³-hybridized carbons (Fsp3) is 0.286. The van der Waals surface area contributed by atoms with Gasteiger partial charge in [0, 0.05) is 12.6 Å². The molecule has 98 valence electrons. The number of ether oxygens (including phenoxy) is 2. The molecule has 0 aliphatic carbocycles. The van der Waals surface area contributed by atoms with Crippen molar-refractivity contribution in [3.63, 3.8) is 0 Å². The summed E-state index contributed by atoms with van der Waals surface area (Å²) in [6.07, 6.45) is 3.16. The van der Waals surface area contributed by atoms with Crippen molar-refractivity contribution < 1.29 is 14.3 Å². The number of hydrogen-bond donors (Lipinski definition) is 0. The van der Waals surface area contributed by atoms with E-state index < -0.39 is 0 Å². The highest BCUT2D eigenvalue weighted by Gasteiger charge is 2.12. The van der Waals surface area contributed by atoms with E-state index in [1.165, 1.54) is 11.0 Å². The summed E-state index contributed by atoms with van der Waals surface area (Å²) < 4.78 is 10.5. The lowest BCUT2D eigenvalue weighted by molar-refractivity contribution is -0.125. The lowest BCUT2D eigenvalue weighted by Crippen LogP contribution is -2.29. The van der Waals surface area contributed by atoms with Gasteiger partial charge in [0.2, 0.25) is 12.7 Å². The van der Waals surface area contributed by atoms with Gasteiger partial charge in [-0.25, -0.2) is 0 Å². The van der Waals surface area contributed by atoms with E-state index in [9.17, 15) is 4.79 Å². The quantitative estimate of drug-likeness (QED) is 0.610. The summed E-state index contributed by atoms with van der Waals surface area (Å²) in [7, 11) is 0. The smallest absolute Gasteiger partial charge is 0.247 e. The van der Waals surface area contributed by atoms with Crippen LogP contribution in [0.2, 0.25) is 0 Å². The highest BCUT2D eigenvalue weighted by Crippen LogP contribution is 2.32. The zero-order valence-corrected chi connectivity index (χ0v) is 10.6. The van der Waals surface area contributed by atoms with Gasteiger partial charge >= 0.3 is 0 Å². The molecule has 1 aromatic carbocycles. The second-order valence-electron chi connectivity index (χ2n) is 3.96. The molecule has 2 rings (SSSR count). The summed E-state index contributed by atoms with van der Waals surface area (Å²) in [6, 6.07) is 7.43. The van der Waals surface area contributed by atoms with Gasteiger partial charge in [-0.1, -0.05) is 6.07 Å². The van der Waals surface area contributed by atoms with Crippen molar-refractivity contribution in [1.82, 2.24) is 4.90 Å². The fourth-order valence-corrected chi connectivity index (χ4v) is 1.72. The van der Waals surface area contributed by atoms with Gasteiger partial charge in [0.05, 0.1) is 6.07 Å². The summed E-state index contributed by atoms with van der Waals surface area (Å²) in [5.41, 5.74) is 0.852. The summed E-state index contributed by atoms with van der Waals surface area (Å²) in [4.78, 5) is 13.3. The molecule has 0 N–H and O–H groups in total. The van der Waals surface area contributed by atoms with Crippen LogP contribution in [0.4, 0.5) is 0 Å². The van der Waals surface area contributed by atoms with E-state index >= 15 is 0 Å². The lowest BCUT2D eigenvalue weighted by Gasteiger charge is -2.14. The topological polar surface area (TPSA) is 62.6 Å². The molecule has 1 aliphatic rings. The number of rotatable bonds is 4. The van der Waals surface area contributed by atoms with Gasteiger partial charge in [0.15, 0.2) is 11.5 Å². The highest BCUT2D eigenvalue weighted by atomic mass is 16.7. The predicted molar refractivity (Wildman–Crippen MR) is 69.5 cm³/mol. The molecule has 0 bridgehead atoms. The minimum atomic E-state index is -0.179. The van der Waals surface area contributed by atoms with E-state index in [-0.39, 0.29) is 19.2 Å². The molecule has 5 heteroatoms. The molecule has 0 radical (unpaired) electrons. The maximum absolute atomic E-state index is 11.8. The molecule has 0 aromatic heterocycles. The number of likely N-dealkylation sites (N-methyl/N-ethyl adjacent to an activating group) is 1. The second kappa shape index (κ2) is 5.91. The summed E-state index contributed by atoms with van der Waals surface area (Å²) in [6.45, 7) is 2.68. The molecule has 0 spiro atoms. The Bertz CT molecular complexity index is 546. The molecule has 1 heterocycles. The minimum absolute atomic E-state index is 0.0980. The second-order valence-corrected chi connectivity index (χ2v) is 3.96. The first kappa shape index (κ1) is 13.0.